The van der Waals surface area contributed by atoms with Gasteiger partial charge in [0.15, 0.2) is 0 Å². The molecule has 0 bridgehead atoms. The van der Waals surface area contributed by atoms with Gasteiger partial charge in [-0.3, -0.25) is 9.88 Å². The van der Waals surface area contributed by atoms with E-state index in [2.05, 4.69) is 4.98 Å². The molecule has 0 amide bonds. The van der Waals surface area contributed by atoms with Crippen LogP contribution >= 0.6 is 11.6 Å². The number of nitrogens with zero attached hydrogens (tertiary/aromatic N) is 2. The van der Waals surface area contributed by atoms with Crippen molar-refractivity contribution >= 4 is 22.5 Å². The van der Waals surface area contributed by atoms with Crippen molar-refractivity contribution in [2.24, 2.45) is 0 Å². The van der Waals surface area contributed by atoms with Gasteiger partial charge in [-0.05, 0) is 31.3 Å². The highest BCUT2D eigenvalue weighted by Gasteiger charge is 2.08. The maximum atomic E-state index is 9.38. The Morgan fingerprint density at radius 2 is 2.11 bits per heavy atom. The minimum atomic E-state index is -0.718. The zero-order chi connectivity index (χ0) is 13.8. The molecular weight excluding hydrogens is 264 g/mol. The predicted octanol–water partition coefficient (Wildman–Crippen LogP) is 1.67. The van der Waals surface area contributed by atoms with E-state index in [1.807, 2.05) is 42.3 Å². The summed E-state index contributed by atoms with van der Waals surface area (Å²) in [4.78, 5) is 6.47. The van der Waals surface area contributed by atoms with E-state index in [-0.39, 0.29) is 6.61 Å². The summed E-state index contributed by atoms with van der Waals surface area (Å²) in [6, 6.07) is 9.52. The molecule has 1 aromatic carbocycles. The van der Waals surface area contributed by atoms with Crippen LogP contribution in [0.4, 0.5) is 0 Å². The first-order valence-corrected chi connectivity index (χ1v) is 6.49. The van der Waals surface area contributed by atoms with E-state index in [1.165, 1.54) is 0 Å². The van der Waals surface area contributed by atoms with Gasteiger partial charge in [0.25, 0.3) is 0 Å². The molecular formula is C14H17ClN2O2. The van der Waals surface area contributed by atoms with Gasteiger partial charge in [0.1, 0.15) is 0 Å². The summed E-state index contributed by atoms with van der Waals surface area (Å²) in [7, 11) is 1.88. The standard InChI is InChI=1S/C14H17ClN2O2/c1-17(8-13(19)9-18)7-12-4-2-10-6-11(15)3-5-14(10)16-12/h2-6,13,18-19H,7-9H2,1H3/t13-/m1/s1. The zero-order valence-electron chi connectivity index (χ0n) is 10.8. The van der Waals surface area contributed by atoms with Gasteiger partial charge in [-0.1, -0.05) is 17.7 Å². The van der Waals surface area contributed by atoms with Gasteiger partial charge in [-0.25, -0.2) is 0 Å². The van der Waals surface area contributed by atoms with Crippen molar-refractivity contribution in [1.29, 1.82) is 0 Å². The van der Waals surface area contributed by atoms with Crippen LogP contribution in [-0.2, 0) is 6.54 Å². The average molecular weight is 281 g/mol. The third-order valence-corrected chi connectivity index (χ3v) is 3.11. The lowest BCUT2D eigenvalue weighted by Gasteiger charge is -2.18. The molecule has 1 aromatic heterocycles. The molecule has 0 spiro atoms. The summed E-state index contributed by atoms with van der Waals surface area (Å²) < 4.78 is 0. The van der Waals surface area contributed by atoms with E-state index in [0.29, 0.717) is 18.1 Å². The summed E-state index contributed by atoms with van der Waals surface area (Å²) in [5.41, 5.74) is 1.82. The molecule has 0 radical (unpaired) electrons. The number of benzene rings is 1. The second-order valence-electron chi connectivity index (χ2n) is 4.67. The molecule has 0 unspecified atom stereocenters. The number of hydrogen-bond donors (Lipinski definition) is 2. The number of halogens is 1. The van der Waals surface area contributed by atoms with Crippen molar-refractivity contribution in [3.63, 3.8) is 0 Å². The largest absolute Gasteiger partial charge is 0.394 e. The summed E-state index contributed by atoms with van der Waals surface area (Å²) in [6.07, 6.45) is -0.718. The van der Waals surface area contributed by atoms with Crippen molar-refractivity contribution in [3.05, 3.63) is 41.0 Å². The van der Waals surface area contributed by atoms with Crippen LogP contribution in [0.1, 0.15) is 5.69 Å². The van der Waals surface area contributed by atoms with Crippen molar-refractivity contribution in [3.8, 4) is 0 Å². The molecule has 2 aromatic rings. The van der Waals surface area contributed by atoms with Crippen LogP contribution in [0.5, 0.6) is 0 Å². The van der Waals surface area contributed by atoms with E-state index >= 15 is 0 Å². The Kier molecular flexibility index (Phi) is 4.71. The molecule has 4 nitrogen and oxygen atoms in total. The first kappa shape index (κ1) is 14.2. The number of hydrogen-bond acceptors (Lipinski definition) is 4. The lowest BCUT2D eigenvalue weighted by atomic mass is 10.2. The van der Waals surface area contributed by atoms with Gasteiger partial charge in [0.05, 0.1) is 23.9 Å². The molecule has 0 fully saturated rings. The molecule has 19 heavy (non-hydrogen) atoms. The summed E-state index contributed by atoms with van der Waals surface area (Å²) in [5.74, 6) is 0. The molecule has 0 aliphatic heterocycles. The molecule has 2 N–H and O–H groups in total. The summed E-state index contributed by atoms with van der Waals surface area (Å²) in [5, 5.41) is 19.9. The Labute approximate surface area is 117 Å². The molecule has 1 atom stereocenters. The van der Waals surface area contributed by atoms with Gasteiger partial charge in [0.2, 0.25) is 0 Å². The lowest BCUT2D eigenvalue weighted by molar-refractivity contribution is 0.0645. The number of aromatic nitrogens is 1. The molecule has 102 valence electrons. The minimum absolute atomic E-state index is 0.228. The van der Waals surface area contributed by atoms with Crippen LogP contribution in [0, 0.1) is 0 Å². The number of rotatable bonds is 5. The number of aliphatic hydroxyl groups excluding tert-OH is 2. The predicted molar refractivity (Wildman–Crippen MR) is 76.2 cm³/mol. The highest BCUT2D eigenvalue weighted by atomic mass is 35.5. The molecule has 0 aliphatic carbocycles. The van der Waals surface area contributed by atoms with Crippen LogP contribution < -0.4 is 0 Å². The molecule has 0 saturated carbocycles. The summed E-state index contributed by atoms with van der Waals surface area (Å²) >= 11 is 5.93. The third kappa shape index (κ3) is 3.88. The van der Waals surface area contributed by atoms with E-state index in [4.69, 9.17) is 16.7 Å². The highest BCUT2D eigenvalue weighted by Crippen LogP contribution is 2.18. The molecule has 5 heteroatoms. The van der Waals surface area contributed by atoms with Crippen molar-refractivity contribution in [2.75, 3.05) is 20.2 Å². The number of likely N-dealkylation sites (N-methyl/N-ethyl adjacent to an activating group) is 1. The Hall–Kier alpha value is -1.20. The molecule has 0 saturated heterocycles. The SMILES string of the molecule is CN(Cc1ccc2cc(Cl)ccc2n1)C[C@@H](O)CO. The smallest absolute Gasteiger partial charge is 0.0897 e. The second-order valence-corrected chi connectivity index (χ2v) is 5.11. The molecule has 1 heterocycles. The van der Waals surface area contributed by atoms with Gasteiger partial charge in [-0.2, -0.15) is 0 Å². The molecule has 2 rings (SSSR count). The minimum Gasteiger partial charge on any atom is -0.394 e. The van der Waals surface area contributed by atoms with E-state index in [1.54, 1.807) is 0 Å². The second kappa shape index (κ2) is 6.30. The summed E-state index contributed by atoms with van der Waals surface area (Å²) in [6.45, 7) is 0.806. The quantitative estimate of drug-likeness (QED) is 0.875. The van der Waals surface area contributed by atoms with Crippen molar-refractivity contribution in [1.82, 2.24) is 9.88 Å². The van der Waals surface area contributed by atoms with Crippen LogP contribution in [0.3, 0.4) is 0 Å². The Morgan fingerprint density at radius 3 is 2.84 bits per heavy atom. The number of fused-ring (bicyclic) bond motifs is 1. The van der Waals surface area contributed by atoms with Gasteiger partial charge >= 0.3 is 0 Å². The number of pyridine rings is 1. The fourth-order valence-corrected chi connectivity index (χ4v) is 2.17. The van der Waals surface area contributed by atoms with Crippen LogP contribution in [-0.4, -0.2) is 46.4 Å². The topological polar surface area (TPSA) is 56.6 Å². The van der Waals surface area contributed by atoms with Crippen LogP contribution in [0.25, 0.3) is 10.9 Å². The van der Waals surface area contributed by atoms with Gasteiger partial charge < -0.3 is 10.2 Å². The first-order valence-electron chi connectivity index (χ1n) is 6.11. The average Bonchev–Trinajstić information content (AvgIpc) is 2.38. The Balaban J connectivity index is 2.11. The van der Waals surface area contributed by atoms with E-state index in [9.17, 15) is 5.11 Å². The Bertz CT molecular complexity index is 562. The van der Waals surface area contributed by atoms with E-state index in [0.717, 1.165) is 16.6 Å². The third-order valence-electron chi connectivity index (χ3n) is 2.87. The van der Waals surface area contributed by atoms with Crippen LogP contribution in [0.15, 0.2) is 30.3 Å². The van der Waals surface area contributed by atoms with Crippen LogP contribution in [0.2, 0.25) is 5.02 Å². The lowest BCUT2D eigenvalue weighted by Crippen LogP contribution is -2.31. The monoisotopic (exact) mass is 280 g/mol. The van der Waals surface area contributed by atoms with Gasteiger partial charge in [0, 0.05) is 23.5 Å². The Morgan fingerprint density at radius 1 is 1.32 bits per heavy atom. The maximum absolute atomic E-state index is 9.38. The maximum Gasteiger partial charge on any atom is 0.0897 e. The van der Waals surface area contributed by atoms with Crippen molar-refractivity contribution in [2.45, 2.75) is 12.6 Å². The number of aliphatic hydroxyl groups is 2. The fourth-order valence-electron chi connectivity index (χ4n) is 1.99. The normalized spacial score (nSPS) is 13.1. The fraction of sp³-hybridized carbons (Fsp3) is 0.357. The zero-order valence-corrected chi connectivity index (χ0v) is 11.5. The first-order chi connectivity index (χ1) is 9.08. The van der Waals surface area contributed by atoms with Gasteiger partial charge in [-0.15, -0.1) is 0 Å². The van der Waals surface area contributed by atoms with E-state index < -0.39 is 6.10 Å². The highest BCUT2D eigenvalue weighted by molar-refractivity contribution is 6.31. The van der Waals surface area contributed by atoms with Crippen molar-refractivity contribution < 1.29 is 10.2 Å². The molecule has 0 aliphatic rings.